The monoisotopic (exact) mass is 206 g/mol. The van der Waals surface area contributed by atoms with E-state index in [1.54, 1.807) is 0 Å². The Balaban J connectivity index is 2.89. The lowest BCUT2D eigenvalue weighted by molar-refractivity contribution is -0.274. The van der Waals surface area contributed by atoms with Crippen LogP contribution in [0.3, 0.4) is 0 Å². The number of alkyl halides is 3. The van der Waals surface area contributed by atoms with Gasteiger partial charge in [-0.25, -0.2) is 0 Å². The molecule has 0 radical (unpaired) electrons. The molecule has 1 amide bonds. The summed E-state index contributed by atoms with van der Waals surface area (Å²) in [5.41, 5.74) is 4.68. The Hall–Kier alpha value is -1.79. The van der Waals surface area contributed by atoms with E-state index in [1.165, 1.54) is 0 Å². The minimum absolute atomic E-state index is 0.147. The van der Waals surface area contributed by atoms with Crippen LogP contribution in [0.25, 0.3) is 0 Å². The van der Waals surface area contributed by atoms with Crippen molar-refractivity contribution >= 4 is 5.91 Å². The lowest BCUT2D eigenvalue weighted by Crippen LogP contribution is -2.18. The topological polar surface area (TPSA) is 65.2 Å². The van der Waals surface area contributed by atoms with Crippen molar-refractivity contribution in [2.24, 2.45) is 5.73 Å². The number of carbonyl (C=O) groups excluding carboxylic acids is 1. The Morgan fingerprint density at radius 1 is 1.43 bits per heavy atom. The summed E-state index contributed by atoms with van der Waals surface area (Å²) in [7, 11) is 0. The van der Waals surface area contributed by atoms with Gasteiger partial charge in [-0.05, 0) is 6.07 Å². The van der Waals surface area contributed by atoms with E-state index in [9.17, 15) is 18.0 Å². The van der Waals surface area contributed by atoms with Gasteiger partial charge in [-0.15, -0.1) is 13.2 Å². The number of halogens is 3. The first kappa shape index (κ1) is 10.3. The van der Waals surface area contributed by atoms with Crippen LogP contribution in [0.4, 0.5) is 13.2 Å². The van der Waals surface area contributed by atoms with Gasteiger partial charge in [-0.2, -0.15) is 0 Å². The highest BCUT2D eigenvalue weighted by Crippen LogP contribution is 2.22. The summed E-state index contributed by atoms with van der Waals surface area (Å²) in [6, 6.07) is 0.864. The first-order chi connectivity index (χ1) is 6.38. The second-order valence-corrected chi connectivity index (χ2v) is 2.32. The summed E-state index contributed by atoms with van der Waals surface area (Å²) in [6.07, 6.45) is -2.93. The summed E-state index contributed by atoms with van der Waals surface area (Å²) in [6.45, 7) is 0. The number of hydrogen-bond donors (Lipinski definition) is 1. The average molecular weight is 206 g/mol. The zero-order valence-corrected chi connectivity index (χ0v) is 6.71. The van der Waals surface area contributed by atoms with Crippen molar-refractivity contribution in [3.63, 3.8) is 0 Å². The highest BCUT2D eigenvalue weighted by Gasteiger charge is 2.31. The SMILES string of the molecule is NC(=O)c1cncc(OC(F)(F)F)c1. The fourth-order valence-electron chi connectivity index (χ4n) is 0.743. The van der Waals surface area contributed by atoms with Gasteiger partial charge in [-0.3, -0.25) is 9.78 Å². The van der Waals surface area contributed by atoms with E-state index in [-0.39, 0.29) is 5.56 Å². The van der Waals surface area contributed by atoms with Gasteiger partial charge in [0.25, 0.3) is 0 Å². The van der Waals surface area contributed by atoms with Crippen molar-refractivity contribution in [2.45, 2.75) is 6.36 Å². The summed E-state index contributed by atoms with van der Waals surface area (Å²) in [5, 5.41) is 0. The maximum absolute atomic E-state index is 11.7. The third kappa shape index (κ3) is 2.92. The largest absolute Gasteiger partial charge is 0.573 e. The Bertz CT molecular complexity index is 351. The average Bonchev–Trinajstić information content (AvgIpc) is 2.01. The van der Waals surface area contributed by atoms with Crippen LogP contribution < -0.4 is 10.5 Å². The molecule has 0 aliphatic carbocycles. The van der Waals surface area contributed by atoms with Crippen LogP contribution >= 0.6 is 0 Å². The van der Waals surface area contributed by atoms with Gasteiger partial charge in [0.15, 0.2) is 0 Å². The number of rotatable bonds is 2. The molecule has 2 N–H and O–H groups in total. The van der Waals surface area contributed by atoms with E-state index in [0.717, 1.165) is 18.5 Å². The lowest BCUT2D eigenvalue weighted by Gasteiger charge is -2.08. The molecule has 7 heteroatoms. The number of amides is 1. The lowest BCUT2D eigenvalue weighted by atomic mass is 10.3. The third-order valence-corrected chi connectivity index (χ3v) is 1.23. The maximum Gasteiger partial charge on any atom is 0.573 e. The van der Waals surface area contributed by atoms with E-state index in [4.69, 9.17) is 5.73 Å². The number of primary amides is 1. The van der Waals surface area contributed by atoms with E-state index in [2.05, 4.69) is 9.72 Å². The van der Waals surface area contributed by atoms with Gasteiger partial charge >= 0.3 is 6.36 Å². The minimum Gasteiger partial charge on any atom is -0.404 e. The molecule has 0 aromatic carbocycles. The molecule has 0 unspecified atom stereocenters. The number of ether oxygens (including phenoxy) is 1. The minimum atomic E-state index is -4.81. The Morgan fingerprint density at radius 3 is 2.57 bits per heavy atom. The number of hydrogen-bond acceptors (Lipinski definition) is 3. The van der Waals surface area contributed by atoms with Crippen molar-refractivity contribution in [3.05, 3.63) is 24.0 Å². The van der Waals surface area contributed by atoms with Crippen LogP contribution in [-0.2, 0) is 0 Å². The second-order valence-electron chi connectivity index (χ2n) is 2.32. The van der Waals surface area contributed by atoms with Crippen LogP contribution in [0, 0.1) is 0 Å². The van der Waals surface area contributed by atoms with Crippen molar-refractivity contribution in [2.75, 3.05) is 0 Å². The zero-order chi connectivity index (χ0) is 10.8. The Kier molecular flexibility index (Phi) is 2.59. The molecular weight excluding hydrogens is 201 g/mol. The first-order valence-corrected chi connectivity index (χ1v) is 3.39. The summed E-state index contributed by atoms with van der Waals surface area (Å²) < 4.78 is 38.6. The van der Waals surface area contributed by atoms with Crippen molar-refractivity contribution in [1.29, 1.82) is 0 Å². The Labute approximate surface area is 76.5 Å². The van der Waals surface area contributed by atoms with Crippen LogP contribution in [0.5, 0.6) is 5.75 Å². The molecular formula is C7H5F3N2O2. The van der Waals surface area contributed by atoms with E-state index >= 15 is 0 Å². The van der Waals surface area contributed by atoms with E-state index in [0.29, 0.717) is 0 Å². The molecule has 4 nitrogen and oxygen atoms in total. The van der Waals surface area contributed by atoms with Crippen LogP contribution in [0.2, 0.25) is 0 Å². The van der Waals surface area contributed by atoms with Crippen molar-refractivity contribution < 1.29 is 22.7 Å². The molecule has 14 heavy (non-hydrogen) atoms. The molecule has 1 heterocycles. The normalized spacial score (nSPS) is 11.1. The highest BCUT2D eigenvalue weighted by atomic mass is 19.4. The molecule has 0 spiro atoms. The van der Waals surface area contributed by atoms with Crippen LogP contribution in [0.15, 0.2) is 18.5 Å². The number of nitrogens with zero attached hydrogens (tertiary/aromatic N) is 1. The van der Waals surface area contributed by atoms with E-state index in [1.807, 2.05) is 0 Å². The van der Waals surface area contributed by atoms with Gasteiger partial charge < -0.3 is 10.5 Å². The number of pyridine rings is 1. The molecule has 0 atom stereocenters. The van der Waals surface area contributed by atoms with Crippen molar-refractivity contribution in [1.82, 2.24) is 4.98 Å². The number of carbonyl (C=O) groups is 1. The summed E-state index contributed by atoms with van der Waals surface area (Å²) in [5.74, 6) is -1.45. The molecule has 1 aromatic rings. The molecule has 1 aromatic heterocycles. The van der Waals surface area contributed by atoms with Crippen LogP contribution in [-0.4, -0.2) is 17.3 Å². The summed E-state index contributed by atoms with van der Waals surface area (Å²) >= 11 is 0. The standard InChI is InChI=1S/C7H5F3N2O2/c8-7(9,10)14-5-1-4(6(11)13)2-12-3-5/h1-3H,(H2,11,13). The molecule has 1 rings (SSSR count). The number of nitrogens with two attached hydrogens (primary N) is 1. The van der Waals surface area contributed by atoms with Crippen molar-refractivity contribution in [3.8, 4) is 5.75 Å². The Morgan fingerprint density at radius 2 is 2.07 bits per heavy atom. The van der Waals surface area contributed by atoms with Gasteiger partial charge in [0.1, 0.15) is 5.75 Å². The molecule has 0 saturated carbocycles. The second kappa shape index (κ2) is 3.52. The molecule has 76 valence electrons. The van der Waals surface area contributed by atoms with Gasteiger partial charge in [-0.1, -0.05) is 0 Å². The predicted molar refractivity (Wildman–Crippen MR) is 39.4 cm³/mol. The predicted octanol–water partition coefficient (Wildman–Crippen LogP) is 1.08. The smallest absolute Gasteiger partial charge is 0.404 e. The fourth-order valence-corrected chi connectivity index (χ4v) is 0.743. The van der Waals surface area contributed by atoms with Gasteiger partial charge in [0.2, 0.25) is 5.91 Å². The zero-order valence-electron chi connectivity index (χ0n) is 6.71. The van der Waals surface area contributed by atoms with Gasteiger partial charge in [0.05, 0.1) is 11.8 Å². The maximum atomic E-state index is 11.7. The first-order valence-electron chi connectivity index (χ1n) is 3.39. The fraction of sp³-hybridized carbons (Fsp3) is 0.143. The molecule has 0 aliphatic heterocycles. The van der Waals surface area contributed by atoms with Crippen LogP contribution in [0.1, 0.15) is 10.4 Å². The number of aromatic nitrogens is 1. The molecule has 0 fully saturated rings. The van der Waals surface area contributed by atoms with Gasteiger partial charge in [0, 0.05) is 6.20 Å². The van der Waals surface area contributed by atoms with E-state index < -0.39 is 18.0 Å². The highest BCUT2D eigenvalue weighted by molar-refractivity contribution is 5.92. The summed E-state index contributed by atoms with van der Waals surface area (Å²) in [4.78, 5) is 13.9. The third-order valence-electron chi connectivity index (χ3n) is 1.23. The molecule has 0 bridgehead atoms. The quantitative estimate of drug-likeness (QED) is 0.787. The molecule has 0 aliphatic rings. The molecule has 0 saturated heterocycles.